The molecular formula is C35H35ClF3N9O6. The van der Waals surface area contributed by atoms with E-state index in [2.05, 4.69) is 31.5 Å². The molecule has 5 rings (SSSR count). The minimum Gasteiger partial charge on any atom is -0.456 e. The Balaban J connectivity index is 1.32. The maximum atomic E-state index is 13.7. The van der Waals surface area contributed by atoms with Crippen molar-refractivity contribution < 1.29 is 41.9 Å². The molecule has 0 spiro atoms. The maximum Gasteiger partial charge on any atom is 0.401 e. The van der Waals surface area contributed by atoms with Gasteiger partial charge in [-0.3, -0.25) is 24.1 Å². The summed E-state index contributed by atoms with van der Waals surface area (Å²) in [5.41, 5.74) is 1.15. The molecule has 1 aromatic heterocycles. The number of piperazine rings is 1. The number of anilines is 3. The van der Waals surface area contributed by atoms with E-state index in [0.717, 1.165) is 4.90 Å². The zero-order valence-corrected chi connectivity index (χ0v) is 29.9. The first-order chi connectivity index (χ1) is 25.4. The Labute approximate surface area is 311 Å². The number of carbonyl (C=O) groups is 5. The lowest BCUT2D eigenvalue weighted by molar-refractivity contribution is -0.150. The average molecular weight is 770 g/mol. The van der Waals surface area contributed by atoms with Crippen molar-refractivity contribution in [1.29, 1.82) is 0 Å². The Morgan fingerprint density at radius 2 is 1.63 bits per heavy atom. The van der Waals surface area contributed by atoms with Gasteiger partial charge in [-0.2, -0.15) is 17.9 Å². The third kappa shape index (κ3) is 10.8. The molecular weight excluding hydrogens is 735 g/mol. The van der Waals surface area contributed by atoms with Gasteiger partial charge in [0.25, 0.3) is 0 Å². The molecule has 1 atom stereocenters. The topological polar surface area (TPSA) is 181 Å². The van der Waals surface area contributed by atoms with Crippen molar-refractivity contribution in [1.82, 2.24) is 30.4 Å². The Morgan fingerprint density at radius 3 is 2.24 bits per heavy atom. The molecule has 2 heterocycles. The molecule has 0 bridgehead atoms. The van der Waals surface area contributed by atoms with E-state index in [-0.39, 0.29) is 41.5 Å². The van der Waals surface area contributed by atoms with E-state index >= 15 is 0 Å². The van der Waals surface area contributed by atoms with Crippen LogP contribution in [0.4, 0.5) is 30.2 Å². The fourth-order valence-electron chi connectivity index (χ4n) is 5.38. The predicted molar refractivity (Wildman–Crippen MR) is 190 cm³/mol. The Morgan fingerprint density at radius 1 is 0.926 bits per heavy atom. The molecule has 1 aliphatic rings. The van der Waals surface area contributed by atoms with E-state index in [0.29, 0.717) is 16.9 Å². The average Bonchev–Trinajstić information content (AvgIpc) is 3.62. The fourth-order valence-corrected chi connectivity index (χ4v) is 5.55. The second kappa shape index (κ2) is 16.4. The van der Waals surface area contributed by atoms with Crippen molar-refractivity contribution in [3.05, 3.63) is 89.2 Å². The number of alkyl halides is 3. The fraction of sp³-hybridized carbons (Fsp3) is 0.314. The molecule has 1 aliphatic heterocycles. The second-order valence-electron chi connectivity index (χ2n) is 13.2. The molecule has 4 aromatic rings. The molecule has 15 nitrogen and oxygen atoms in total. The van der Waals surface area contributed by atoms with Crippen molar-refractivity contribution in [2.75, 3.05) is 41.7 Å². The molecule has 3 N–H and O–H groups in total. The number of nitrogens with one attached hydrogen (secondary N) is 3. The molecule has 1 fully saturated rings. The Bertz CT molecular complexity index is 2000. The molecule has 19 heteroatoms. The Hall–Kier alpha value is -5.88. The number of rotatable bonds is 10. The van der Waals surface area contributed by atoms with Gasteiger partial charge >= 0.3 is 24.0 Å². The van der Waals surface area contributed by atoms with Crippen LogP contribution in [0.3, 0.4) is 0 Å². The number of tetrazole rings is 1. The number of benzene rings is 3. The van der Waals surface area contributed by atoms with Gasteiger partial charge in [0.05, 0.1) is 30.0 Å². The largest absolute Gasteiger partial charge is 0.456 e. The maximum absolute atomic E-state index is 13.7. The van der Waals surface area contributed by atoms with E-state index in [4.69, 9.17) is 16.3 Å². The summed E-state index contributed by atoms with van der Waals surface area (Å²) in [6.45, 7) is 3.66. The molecule has 0 saturated carbocycles. The molecule has 1 saturated heterocycles. The van der Waals surface area contributed by atoms with Crippen LogP contribution in [0.25, 0.3) is 5.69 Å². The summed E-state index contributed by atoms with van der Waals surface area (Å²) in [4.78, 5) is 67.6. The third-order valence-corrected chi connectivity index (χ3v) is 8.04. The summed E-state index contributed by atoms with van der Waals surface area (Å²) < 4.78 is 45.1. The number of nitrogens with zero attached hydrogens (tertiary/aromatic N) is 6. The number of hydrogen-bond donors (Lipinski definition) is 3. The summed E-state index contributed by atoms with van der Waals surface area (Å²) in [5.74, 6) is -4.08. The van der Waals surface area contributed by atoms with Crippen LogP contribution in [-0.2, 0) is 30.3 Å². The summed E-state index contributed by atoms with van der Waals surface area (Å²) in [5, 5.41) is 18.8. The molecule has 0 aliphatic carbocycles. The van der Waals surface area contributed by atoms with Crippen molar-refractivity contribution in [3.63, 3.8) is 0 Å². The lowest BCUT2D eigenvalue weighted by atomic mass is 10.0. The van der Waals surface area contributed by atoms with Crippen molar-refractivity contribution in [2.24, 2.45) is 0 Å². The first kappa shape index (κ1) is 39.3. The van der Waals surface area contributed by atoms with Gasteiger partial charge in [-0.25, -0.2) is 4.79 Å². The third-order valence-electron chi connectivity index (χ3n) is 7.81. The highest BCUT2D eigenvalue weighted by Crippen LogP contribution is 2.25. The molecule has 0 radical (unpaired) electrons. The summed E-state index contributed by atoms with van der Waals surface area (Å²) in [7, 11) is 0. The summed E-state index contributed by atoms with van der Waals surface area (Å²) >= 11 is 6.13. The molecule has 3 aromatic carbocycles. The highest BCUT2D eigenvalue weighted by Gasteiger charge is 2.35. The SMILES string of the molecule is CC(C)(C)OC(=O)c1ccc(NC(=O)C(Cc2ccc(N3CCN(CC(F)(F)F)CC3=O)cc2)NC(=O)C(=O)Nc2cc(Cl)ccc2-n2cnnn2)cc1. The molecule has 4 amide bonds. The number of aromatic nitrogens is 4. The van der Waals surface area contributed by atoms with Gasteiger partial charge in [-0.15, -0.1) is 5.10 Å². The normalized spacial score (nSPS) is 14.3. The molecule has 1 unspecified atom stereocenters. The van der Waals surface area contributed by atoms with Gasteiger partial charge in [0.15, 0.2) is 0 Å². The van der Waals surface area contributed by atoms with Gasteiger partial charge in [-0.1, -0.05) is 23.7 Å². The van der Waals surface area contributed by atoms with Crippen molar-refractivity contribution >= 4 is 58.3 Å². The second-order valence-corrected chi connectivity index (χ2v) is 13.6. The van der Waals surface area contributed by atoms with Crippen LogP contribution >= 0.6 is 11.6 Å². The van der Waals surface area contributed by atoms with Crippen LogP contribution in [0, 0.1) is 0 Å². The van der Waals surface area contributed by atoms with Gasteiger partial charge < -0.3 is 25.6 Å². The molecule has 54 heavy (non-hydrogen) atoms. The van der Waals surface area contributed by atoms with Crippen LogP contribution in [0.5, 0.6) is 0 Å². The lowest BCUT2D eigenvalue weighted by Gasteiger charge is -2.34. The summed E-state index contributed by atoms with van der Waals surface area (Å²) in [6.07, 6.45) is -3.28. The number of hydrogen-bond acceptors (Lipinski definition) is 10. The first-order valence-electron chi connectivity index (χ1n) is 16.4. The highest BCUT2D eigenvalue weighted by molar-refractivity contribution is 6.40. The van der Waals surface area contributed by atoms with E-state index in [1.54, 1.807) is 45.0 Å². The van der Waals surface area contributed by atoms with Crippen LogP contribution in [0.1, 0.15) is 36.7 Å². The Kier molecular flexibility index (Phi) is 12.0. The smallest absolute Gasteiger partial charge is 0.401 e. The monoisotopic (exact) mass is 769 g/mol. The van der Waals surface area contributed by atoms with E-state index in [1.807, 2.05) is 0 Å². The van der Waals surface area contributed by atoms with Crippen LogP contribution in [0.15, 0.2) is 73.1 Å². The van der Waals surface area contributed by atoms with E-state index in [9.17, 15) is 37.1 Å². The van der Waals surface area contributed by atoms with Crippen LogP contribution in [-0.4, -0.2) is 98.7 Å². The van der Waals surface area contributed by atoms with E-state index in [1.165, 1.54) is 58.4 Å². The van der Waals surface area contributed by atoms with Crippen molar-refractivity contribution in [2.45, 2.75) is 45.0 Å². The van der Waals surface area contributed by atoms with Gasteiger partial charge in [0.1, 0.15) is 18.0 Å². The van der Waals surface area contributed by atoms with Gasteiger partial charge in [0.2, 0.25) is 11.8 Å². The zero-order valence-electron chi connectivity index (χ0n) is 29.2. The quantitative estimate of drug-likeness (QED) is 0.159. The molecule has 284 valence electrons. The summed E-state index contributed by atoms with van der Waals surface area (Å²) in [6, 6.07) is 15.3. The minimum atomic E-state index is -4.43. The number of carbonyl (C=O) groups excluding carboxylic acids is 5. The first-order valence-corrected chi connectivity index (χ1v) is 16.8. The minimum absolute atomic E-state index is 0.0223. The van der Waals surface area contributed by atoms with Gasteiger partial charge in [0, 0.05) is 35.9 Å². The predicted octanol–water partition coefficient (Wildman–Crippen LogP) is 3.79. The number of halogens is 4. The number of ether oxygens (including phenoxy) is 1. The number of esters is 1. The lowest BCUT2D eigenvalue weighted by Crippen LogP contribution is -2.52. The van der Waals surface area contributed by atoms with Crippen LogP contribution in [0.2, 0.25) is 5.02 Å². The highest BCUT2D eigenvalue weighted by atomic mass is 35.5. The van der Waals surface area contributed by atoms with Crippen molar-refractivity contribution in [3.8, 4) is 5.69 Å². The zero-order chi connectivity index (χ0) is 39.2. The standard InChI is InChI=1S/C35H35ClF3N9O6/c1-34(2,3)54-33(53)22-6-9-24(10-7-22)41-30(50)27(43-32(52)31(51)42-26-17-23(36)8-13-28(26)48-20-40-44-45-48)16-21-4-11-25(12-5-21)47-15-14-46(18-29(47)49)19-35(37,38)39/h4-13,17,20,27H,14-16,18-19H2,1-3H3,(H,41,50)(H,42,51)(H,43,52). The van der Waals surface area contributed by atoms with Crippen LogP contribution < -0.4 is 20.9 Å². The van der Waals surface area contributed by atoms with Gasteiger partial charge in [-0.05, 0) is 91.4 Å². The number of amides is 4. The van der Waals surface area contributed by atoms with E-state index < -0.39 is 60.5 Å².